The Bertz CT molecular complexity index is 276. The first-order valence-corrected chi connectivity index (χ1v) is 5.58. The molecular weight excluding hydrogens is 184 g/mol. The van der Waals surface area contributed by atoms with E-state index in [4.69, 9.17) is 5.73 Å². The minimum atomic E-state index is -0.869. The Balaban J connectivity index is 2.55. The van der Waals surface area contributed by atoms with Gasteiger partial charge in [0.1, 0.15) is 0 Å². The number of rotatable bonds is 4. The van der Waals surface area contributed by atoms with Gasteiger partial charge in [-0.2, -0.15) is 0 Å². The van der Waals surface area contributed by atoms with Crippen LogP contribution in [-0.2, 0) is 16.6 Å². The minimum Gasteiger partial charge on any atom is -0.329 e. The number of hydrogen-bond donors (Lipinski definition) is 1. The van der Waals surface area contributed by atoms with Gasteiger partial charge in [0.15, 0.2) is 0 Å². The molecule has 0 saturated carbocycles. The lowest BCUT2D eigenvalue weighted by molar-refractivity contribution is 0.672. The van der Waals surface area contributed by atoms with Gasteiger partial charge in [0.2, 0.25) is 0 Å². The molecular formula is C9H14N2OS. The SMILES string of the molecule is CC(CN)S(=O)Cc1ccncc1. The van der Waals surface area contributed by atoms with Crippen molar-refractivity contribution in [3.05, 3.63) is 30.1 Å². The zero-order valence-corrected chi connectivity index (χ0v) is 8.46. The summed E-state index contributed by atoms with van der Waals surface area (Å²) in [4.78, 5) is 3.89. The zero-order chi connectivity index (χ0) is 9.68. The highest BCUT2D eigenvalue weighted by molar-refractivity contribution is 7.84. The van der Waals surface area contributed by atoms with E-state index in [0.29, 0.717) is 12.3 Å². The predicted molar refractivity (Wildman–Crippen MR) is 54.6 cm³/mol. The van der Waals surface area contributed by atoms with Gasteiger partial charge in [-0.05, 0) is 24.6 Å². The number of hydrogen-bond acceptors (Lipinski definition) is 3. The molecule has 0 spiro atoms. The number of nitrogens with zero attached hydrogens (tertiary/aromatic N) is 1. The van der Waals surface area contributed by atoms with Crippen molar-refractivity contribution < 1.29 is 4.21 Å². The van der Waals surface area contributed by atoms with E-state index in [9.17, 15) is 4.21 Å². The second-order valence-corrected chi connectivity index (χ2v) is 4.78. The van der Waals surface area contributed by atoms with Gasteiger partial charge >= 0.3 is 0 Å². The Labute approximate surface area is 80.8 Å². The summed E-state index contributed by atoms with van der Waals surface area (Å²) in [5.74, 6) is 0.570. The average molecular weight is 198 g/mol. The molecule has 0 fully saturated rings. The lowest BCUT2D eigenvalue weighted by Gasteiger charge is -2.07. The molecule has 13 heavy (non-hydrogen) atoms. The standard InChI is InChI=1S/C9H14N2OS/c1-8(6-10)13(12)7-9-2-4-11-5-3-9/h2-5,8H,6-7,10H2,1H3. The fraction of sp³-hybridized carbons (Fsp3) is 0.444. The highest BCUT2D eigenvalue weighted by atomic mass is 32.2. The second-order valence-electron chi connectivity index (χ2n) is 2.93. The van der Waals surface area contributed by atoms with Crippen LogP contribution in [0.25, 0.3) is 0 Å². The van der Waals surface area contributed by atoms with Crippen LogP contribution in [0.4, 0.5) is 0 Å². The van der Waals surface area contributed by atoms with Gasteiger partial charge < -0.3 is 5.73 Å². The van der Waals surface area contributed by atoms with E-state index in [1.165, 1.54) is 0 Å². The fourth-order valence-corrected chi connectivity index (χ4v) is 1.91. The molecule has 72 valence electrons. The summed E-state index contributed by atoms with van der Waals surface area (Å²) in [6.45, 7) is 2.37. The molecule has 0 radical (unpaired) electrons. The van der Waals surface area contributed by atoms with E-state index in [0.717, 1.165) is 5.56 Å². The summed E-state index contributed by atoms with van der Waals surface area (Å²) in [6, 6.07) is 3.75. The van der Waals surface area contributed by atoms with Gasteiger partial charge in [0, 0.05) is 40.7 Å². The van der Waals surface area contributed by atoms with E-state index in [-0.39, 0.29) is 5.25 Å². The second kappa shape index (κ2) is 5.09. The maximum Gasteiger partial charge on any atom is 0.0489 e. The quantitative estimate of drug-likeness (QED) is 0.774. The Morgan fingerprint density at radius 2 is 2.15 bits per heavy atom. The molecule has 0 aromatic carbocycles. The lowest BCUT2D eigenvalue weighted by atomic mass is 10.3. The summed E-state index contributed by atoms with van der Waals surface area (Å²) in [5, 5.41) is 0.0631. The van der Waals surface area contributed by atoms with E-state index in [1.54, 1.807) is 12.4 Å². The molecule has 0 amide bonds. The van der Waals surface area contributed by atoms with Crippen LogP contribution in [0.2, 0.25) is 0 Å². The van der Waals surface area contributed by atoms with Crippen molar-refractivity contribution in [2.24, 2.45) is 5.73 Å². The molecule has 1 rings (SSSR count). The summed E-state index contributed by atoms with van der Waals surface area (Å²) in [6.07, 6.45) is 3.42. The summed E-state index contributed by atoms with van der Waals surface area (Å²) in [5.41, 5.74) is 6.47. The molecule has 0 aliphatic heterocycles. The van der Waals surface area contributed by atoms with Crippen molar-refractivity contribution in [2.45, 2.75) is 17.9 Å². The minimum absolute atomic E-state index is 0.0631. The molecule has 0 aliphatic carbocycles. The number of nitrogens with two attached hydrogens (primary N) is 1. The molecule has 0 saturated heterocycles. The van der Waals surface area contributed by atoms with Crippen molar-refractivity contribution in [3.8, 4) is 0 Å². The van der Waals surface area contributed by atoms with Crippen LogP contribution in [0, 0.1) is 0 Å². The average Bonchev–Trinajstić information content (AvgIpc) is 2.18. The summed E-state index contributed by atoms with van der Waals surface area (Å²) in [7, 11) is -0.869. The van der Waals surface area contributed by atoms with Crippen molar-refractivity contribution in [3.63, 3.8) is 0 Å². The molecule has 0 bridgehead atoms. The van der Waals surface area contributed by atoms with Crippen LogP contribution in [0.15, 0.2) is 24.5 Å². The van der Waals surface area contributed by atoms with Gasteiger partial charge in [-0.15, -0.1) is 0 Å². The summed E-state index contributed by atoms with van der Waals surface area (Å²) >= 11 is 0. The van der Waals surface area contributed by atoms with Crippen molar-refractivity contribution in [2.75, 3.05) is 6.54 Å². The predicted octanol–water partition coefficient (Wildman–Crippen LogP) is 0.677. The fourth-order valence-electron chi connectivity index (χ4n) is 0.893. The van der Waals surface area contributed by atoms with Crippen molar-refractivity contribution >= 4 is 10.8 Å². The third kappa shape index (κ3) is 3.24. The molecule has 0 aliphatic rings. The maximum atomic E-state index is 11.6. The van der Waals surface area contributed by atoms with Gasteiger partial charge in [0.25, 0.3) is 0 Å². The van der Waals surface area contributed by atoms with Crippen LogP contribution < -0.4 is 5.73 Å². The smallest absolute Gasteiger partial charge is 0.0489 e. The third-order valence-corrected chi connectivity index (χ3v) is 3.55. The van der Waals surface area contributed by atoms with Gasteiger partial charge in [-0.1, -0.05) is 0 Å². The lowest BCUT2D eigenvalue weighted by Crippen LogP contribution is -2.22. The van der Waals surface area contributed by atoms with Crippen LogP contribution in [-0.4, -0.2) is 21.0 Å². The number of pyridine rings is 1. The van der Waals surface area contributed by atoms with E-state index < -0.39 is 10.8 Å². The van der Waals surface area contributed by atoms with Gasteiger partial charge in [-0.3, -0.25) is 9.19 Å². The molecule has 2 N–H and O–H groups in total. The monoisotopic (exact) mass is 198 g/mol. The normalized spacial score (nSPS) is 15.2. The maximum absolute atomic E-state index is 11.6. The highest BCUT2D eigenvalue weighted by Crippen LogP contribution is 2.04. The Kier molecular flexibility index (Phi) is 4.05. The molecule has 3 nitrogen and oxygen atoms in total. The van der Waals surface area contributed by atoms with E-state index in [1.807, 2.05) is 19.1 Å². The molecule has 1 heterocycles. The van der Waals surface area contributed by atoms with E-state index in [2.05, 4.69) is 4.98 Å². The first-order valence-electron chi connectivity index (χ1n) is 4.20. The molecule has 1 aromatic rings. The van der Waals surface area contributed by atoms with Crippen molar-refractivity contribution in [1.29, 1.82) is 0 Å². The first-order chi connectivity index (χ1) is 6.24. The molecule has 4 heteroatoms. The van der Waals surface area contributed by atoms with Crippen LogP contribution in [0.1, 0.15) is 12.5 Å². The molecule has 2 unspecified atom stereocenters. The van der Waals surface area contributed by atoms with Crippen LogP contribution >= 0.6 is 0 Å². The Morgan fingerprint density at radius 3 is 2.69 bits per heavy atom. The topological polar surface area (TPSA) is 56.0 Å². The molecule has 2 atom stereocenters. The Morgan fingerprint density at radius 1 is 1.54 bits per heavy atom. The number of aromatic nitrogens is 1. The first kappa shape index (κ1) is 10.3. The van der Waals surface area contributed by atoms with Gasteiger partial charge in [-0.25, -0.2) is 0 Å². The largest absolute Gasteiger partial charge is 0.329 e. The molecule has 1 aromatic heterocycles. The van der Waals surface area contributed by atoms with E-state index >= 15 is 0 Å². The highest BCUT2D eigenvalue weighted by Gasteiger charge is 2.08. The van der Waals surface area contributed by atoms with Gasteiger partial charge in [0.05, 0.1) is 0 Å². The van der Waals surface area contributed by atoms with Crippen LogP contribution in [0.5, 0.6) is 0 Å². The third-order valence-electron chi connectivity index (χ3n) is 1.84. The summed E-state index contributed by atoms with van der Waals surface area (Å²) < 4.78 is 11.6. The van der Waals surface area contributed by atoms with Crippen molar-refractivity contribution in [1.82, 2.24) is 4.98 Å². The Hall–Kier alpha value is -0.740. The van der Waals surface area contributed by atoms with Crippen LogP contribution in [0.3, 0.4) is 0 Å². The zero-order valence-electron chi connectivity index (χ0n) is 7.64.